The maximum atomic E-state index is 12.2. The molecule has 0 aliphatic heterocycles. The first kappa shape index (κ1) is 18.7. The fraction of sp³-hybridized carbons (Fsp3) is 0.450. The summed E-state index contributed by atoms with van der Waals surface area (Å²) in [5.74, 6) is 2.00. The first-order valence-corrected chi connectivity index (χ1v) is 10.3. The van der Waals surface area contributed by atoms with Gasteiger partial charge in [-0.05, 0) is 18.1 Å². The van der Waals surface area contributed by atoms with Crippen molar-refractivity contribution in [1.29, 1.82) is 0 Å². The first-order valence-electron chi connectivity index (χ1n) is 9.27. The van der Waals surface area contributed by atoms with Crippen LogP contribution in [0.4, 0.5) is 5.69 Å². The van der Waals surface area contributed by atoms with E-state index in [4.69, 9.17) is 0 Å². The zero-order valence-electron chi connectivity index (χ0n) is 15.1. The Morgan fingerprint density at radius 2 is 2.00 bits per heavy atom. The van der Waals surface area contributed by atoms with E-state index in [9.17, 15) is 4.79 Å². The van der Waals surface area contributed by atoms with Crippen LogP contribution < -0.4 is 5.32 Å². The van der Waals surface area contributed by atoms with Crippen LogP contribution >= 0.6 is 11.8 Å². The van der Waals surface area contributed by atoms with Crippen molar-refractivity contribution in [2.75, 3.05) is 11.1 Å². The van der Waals surface area contributed by atoms with E-state index < -0.39 is 0 Å². The molecule has 1 aliphatic carbocycles. The van der Waals surface area contributed by atoms with Crippen LogP contribution in [0.2, 0.25) is 0 Å². The summed E-state index contributed by atoms with van der Waals surface area (Å²) < 4.78 is 2.10. The lowest BCUT2D eigenvalue weighted by Gasteiger charge is -2.21. The Hall–Kier alpha value is -2.08. The summed E-state index contributed by atoms with van der Waals surface area (Å²) in [5.41, 5.74) is 0.809. The van der Waals surface area contributed by atoms with Crippen LogP contribution in [0, 0.1) is 5.92 Å². The summed E-state index contributed by atoms with van der Waals surface area (Å²) in [4.78, 5) is 12.2. The molecule has 0 spiro atoms. The first-order chi connectivity index (χ1) is 12.8. The quantitative estimate of drug-likeness (QED) is 0.555. The molecule has 26 heavy (non-hydrogen) atoms. The number of rotatable bonds is 8. The third-order valence-corrected chi connectivity index (χ3v) is 5.66. The number of benzene rings is 1. The van der Waals surface area contributed by atoms with Crippen molar-refractivity contribution < 1.29 is 4.79 Å². The van der Waals surface area contributed by atoms with Gasteiger partial charge in [0, 0.05) is 18.7 Å². The highest BCUT2D eigenvalue weighted by Gasteiger charge is 2.19. The minimum Gasteiger partial charge on any atom is -0.325 e. The molecule has 3 rings (SSSR count). The van der Waals surface area contributed by atoms with Gasteiger partial charge in [0.1, 0.15) is 5.82 Å². The fourth-order valence-corrected chi connectivity index (χ4v) is 4.15. The number of para-hydroxylation sites is 1. The second-order valence-electron chi connectivity index (χ2n) is 6.71. The number of hydrogen-bond donors (Lipinski definition) is 1. The molecule has 1 aromatic carbocycles. The topological polar surface area (TPSA) is 59.8 Å². The van der Waals surface area contributed by atoms with Gasteiger partial charge in [-0.3, -0.25) is 4.79 Å². The third-order valence-electron chi connectivity index (χ3n) is 4.69. The number of hydrogen-bond acceptors (Lipinski definition) is 4. The molecule has 0 atom stereocenters. The van der Waals surface area contributed by atoms with Gasteiger partial charge < -0.3 is 9.88 Å². The highest BCUT2D eigenvalue weighted by atomic mass is 32.2. The van der Waals surface area contributed by atoms with Crippen LogP contribution in [0.1, 0.15) is 37.9 Å². The largest absolute Gasteiger partial charge is 0.325 e. The Kier molecular flexibility index (Phi) is 6.89. The number of thioether (sulfide) groups is 1. The van der Waals surface area contributed by atoms with Crippen molar-refractivity contribution in [2.24, 2.45) is 5.92 Å². The van der Waals surface area contributed by atoms with Crippen LogP contribution in [-0.4, -0.2) is 26.4 Å². The van der Waals surface area contributed by atoms with Gasteiger partial charge in [0.25, 0.3) is 0 Å². The zero-order chi connectivity index (χ0) is 18.2. The Balaban J connectivity index is 1.59. The van der Waals surface area contributed by atoms with Gasteiger partial charge in [-0.1, -0.05) is 68.1 Å². The number of allylic oxidation sites excluding steroid dienone is 1. The molecule has 1 fully saturated rings. The molecule has 0 radical (unpaired) electrons. The minimum atomic E-state index is -0.0387. The molecule has 0 saturated heterocycles. The number of nitrogens with one attached hydrogen (secondary N) is 1. The van der Waals surface area contributed by atoms with E-state index in [2.05, 4.69) is 26.7 Å². The van der Waals surface area contributed by atoms with Gasteiger partial charge in [0.2, 0.25) is 5.91 Å². The third kappa shape index (κ3) is 5.21. The van der Waals surface area contributed by atoms with Crippen LogP contribution in [0.3, 0.4) is 0 Å². The van der Waals surface area contributed by atoms with Gasteiger partial charge in [-0.2, -0.15) is 0 Å². The molecule has 1 aliphatic rings. The molecule has 0 bridgehead atoms. The summed E-state index contributed by atoms with van der Waals surface area (Å²) in [6.45, 7) is 4.53. The molecule has 2 aromatic rings. The lowest BCUT2D eigenvalue weighted by atomic mass is 9.87. The van der Waals surface area contributed by atoms with E-state index in [0.717, 1.165) is 23.1 Å². The van der Waals surface area contributed by atoms with Gasteiger partial charge in [-0.15, -0.1) is 16.8 Å². The normalized spacial score (nSPS) is 14.9. The average molecular weight is 371 g/mol. The predicted molar refractivity (Wildman–Crippen MR) is 106 cm³/mol. The van der Waals surface area contributed by atoms with E-state index >= 15 is 0 Å². The summed E-state index contributed by atoms with van der Waals surface area (Å²) in [6.07, 6.45) is 9.39. The average Bonchev–Trinajstić information content (AvgIpc) is 3.04. The summed E-state index contributed by atoms with van der Waals surface area (Å²) >= 11 is 1.43. The second kappa shape index (κ2) is 9.57. The van der Waals surface area contributed by atoms with E-state index in [1.165, 1.54) is 43.9 Å². The van der Waals surface area contributed by atoms with E-state index in [0.29, 0.717) is 18.2 Å². The molecular formula is C20H26N4OS. The number of anilines is 1. The van der Waals surface area contributed by atoms with Crippen molar-refractivity contribution in [3.05, 3.63) is 48.8 Å². The Labute approximate surface area is 159 Å². The molecule has 1 heterocycles. The lowest BCUT2D eigenvalue weighted by molar-refractivity contribution is -0.113. The van der Waals surface area contributed by atoms with Gasteiger partial charge >= 0.3 is 0 Å². The van der Waals surface area contributed by atoms with Crippen molar-refractivity contribution in [3.63, 3.8) is 0 Å². The molecule has 138 valence electrons. The van der Waals surface area contributed by atoms with Gasteiger partial charge in [-0.25, -0.2) is 0 Å². The van der Waals surface area contributed by atoms with Crippen LogP contribution in [0.25, 0.3) is 0 Å². The summed E-state index contributed by atoms with van der Waals surface area (Å²) in [6, 6.07) is 9.49. The molecule has 1 saturated carbocycles. The zero-order valence-corrected chi connectivity index (χ0v) is 15.9. The second-order valence-corrected chi connectivity index (χ2v) is 7.65. The summed E-state index contributed by atoms with van der Waals surface area (Å²) in [7, 11) is 0. The smallest absolute Gasteiger partial charge is 0.234 e. The molecule has 1 amide bonds. The van der Waals surface area contributed by atoms with E-state index in [1.54, 1.807) is 0 Å². The standard InChI is InChI=1S/C20H26N4OS/c1-2-13-24-18(14-16-9-5-3-6-10-16)22-23-20(24)26-15-19(25)21-17-11-7-4-8-12-17/h2,4,7-8,11-12,16H,1,3,5-6,9-10,13-15H2,(H,21,25). The highest BCUT2D eigenvalue weighted by Crippen LogP contribution is 2.27. The molecule has 1 N–H and O–H groups in total. The lowest BCUT2D eigenvalue weighted by Crippen LogP contribution is -2.15. The monoisotopic (exact) mass is 370 g/mol. The van der Waals surface area contributed by atoms with Crippen molar-refractivity contribution in [1.82, 2.24) is 14.8 Å². The van der Waals surface area contributed by atoms with E-state index in [-0.39, 0.29) is 5.91 Å². The van der Waals surface area contributed by atoms with Gasteiger partial charge in [0.05, 0.1) is 5.75 Å². The maximum absolute atomic E-state index is 12.2. The van der Waals surface area contributed by atoms with Crippen molar-refractivity contribution in [2.45, 2.75) is 50.2 Å². The van der Waals surface area contributed by atoms with Crippen LogP contribution in [0.15, 0.2) is 48.1 Å². The van der Waals surface area contributed by atoms with Crippen molar-refractivity contribution in [3.8, 4) is 0 Å². The summed E-state index contributed by atoms with van der Waals surface area (Å²) in [5, 5.41) is 12.4. The van der Waals surface area contributed by atoms with Crippen molar-refractivity contribution >= 4 is 23.4 Å². The SMILES string of the molecule is C=CCn1c(CC2CCCCC2)nnc1SCC(=O)Nc1ccccc1. The van der Waals surface area contributed by atoms with Crippen LogP contribution in [-0.2, 0) is 17.8 Å². The molecule has 5 nitrogen and oxygen atoms in total. The number of amides is 1. The molecular weight excluding hydrogens is 344 g/mol. The number of carbonyl (C=O) groups excluding carboxylic acids is 1. The predicted octanol–water partition coefficient (Wildman–Crippen LogP) is 4.32. The Morgan fingerprint density at radius 3 is 2.73 bits per heavy atom. The molecule has 0 unspecified atom stereocenters. The van der Waals surface area contributed by atoms with Crippen LogP contribution in [0.5, 0.6) is 0 Å². The Bertz CT molecular complexity index is 723. The highest BCUT2D eigenvalue weighted by molar-refractivity contribution is 7.99. The number of aromatic nitrogens is 3. The molecule has 6 heteroatoms. The Morgan fingerprint density at radius 1 is 1.23 bits per heavy atom. The molecule has 1 aromatic heterocycles. The minimum absolute atomic E-state index is 0.0387. The fourth-order valence-electron chi connectivity index (χ4n) is 3.39. The van der Waals surface area contributed by atoms with Gasteiger partial charge in [0.15, 0.2) is 5.16 Å². The maximum Gasteiger partial charge on any atom is 0.234 e. The van der Waals surface area contributed by atoms with E-state index in [1.807, 2.05) is 36.4 Å². The number of nitrogens with zero attached hydrogens (tertiary/aromatic N) is 3. The number of carbonyl (C=O) groups is 1.